The third-order valence-corrected chi connectivity index (χ3v) is 5.43. The molecule has 0 amide bonds. The number of alkyl halides is 3. The zero-order valence-electron chi connectivity index (χ0n) is 16.9. The Labute approximate surface area is 174 Å². The Morgan fingerprint density at radius 1 is 1.20 bits per heavy atom. The first kappa shape index (κ1) is 21.6. The highest BCUT2D eigenvalue weighted by Gasteiger charge is 2.34. The molecule has 3 rings (SSSR count). The van der Waals surface area contributed by atoms with Gasteiger partial charge in [0.1, 0.15) is 0 Å². The second-order valence-corrected chi connectivity index (χ2v) is 7.56. The molecule has 7 heteroatoms. The molecule has 0 spiro atoms. The summed E-state index contributed by atoms with van der Waals surface area (Å²) >= 11 is 0. The van der Waals surface area contributed by atoms with Gasteiger partial charge in [0.25, 0.3) is 0 Å². The highest BCUT2D eigenvalue weighted by Crippen LogP contribution is 2.35. The summed E-state index contributed by atoms with van der Waals surface area (Å²) < 4.78 is 38.9. The summed E-state index contributed by atoms with van der Waals surface area (Å²) in [6.07, 6.45) is 2.04. The molecule has 0 fully saturated rings. The molecule has 6 N–H and O–H groups in total. The number of fused-ring (bicyclic) bond motifs is 1. The molecule has 0 aliphatic heterocycles. The molecule has 1 atom stereocenters. The van der Waals surface area contributed by atoms with Crippen LogP contribution in [0.4, 0.5) is 24.5 Å². The van der Waals surface area contributed by atoms with Gasteiger partial charge in [0.05, 0.1) is 16.9 Å². The Bertz CT molecular complexity index is 990. The van der Waals surface area contributed by atoms with Gasteiger partial charge in [-0.05, 0) is 43.1 Å². The number of hydrogen-bond acceptors (Lipinski definition) is 4. The van der Waals surface area contributed by atoms with E-state index in [2.05, 4.69) is 10.9 Å². The summed E-state index contributed by atoms with van der Waals surface area (Å²) in [4.78, 5) is 0. The van der Waals surface area contributed by atoms with Crippen LogP contribution in [-0.2, 0) is 0 Å². The minimum Gasteiger partial charge on any atom is -0.403 e. The third kappa shape index (κ3) is 5.09. The third-order valence-electron chi connectivity index (χ3n) is 5.43. The fourth-order valence-electron chi connectivity index (χ4n) is 3.59. The molecule has 160 valence electrons. The molecule has 0 radical (unpaired) electrons. The summed E-state index contributed by atoms with van der Waals surface area (Å²) in [5.74, 6) is 0.116. The molecule has 1 aliphatic carbocycles. The van der Waals surface area contributed by atoms with E-state index in [0.717, 1.165) is 27.7 Å². The average molecular weight is 416 g/mol. The van der Waals surface area contributed by atoms with Crippen molar-refractivity contribution < 1.29 is 13.2 Å². The van der Waals surface area contributed by atoms with Crippen LogP contribution in [-0.4, -0.2) is 6.18 Å². The molecule has 0 bridgehead atoms. The smallest absolute Gasteiger partial charge is 0.403 e. The van der Waals surface area contributed by atoms with Crippen molar-refractivity contribution in [2.45, 2.75) is 38.8 Å². The van der Waals surface area contributed by atoms with Crippen LogP contribution in [0.1, 0.15) is 32.6 Å². The van der Waals surface area contributed by atoms with Gasteiger partial charge in [-0.15, -0.1) is 0 Å². The van der Waals surface area contributed by atoms with Crippen LogP contribution in [0.2, 0.25) is 0 Å². The maximum absolute atomic E-state index is 13.0. The van der Waals surface area contributed by atoms with Crippen LogP contribution < -0.4 is 22.3 Å². The normalized spacial score (nSPS) is 17.5. The van der Waals surface area contributed by atoms with E-state index in [-0.39, 0.29) is 5.92 Å². The molecule has 30 heavy (non-hydrogen) atoms. The van der Waals surface area contributed by atoms with Crippen LogP contribution in [0.15, 0.2) is 71.6 Å². The minimum atomic E-state index is -4.29. The molecule has 1 unspecified atom stereocenters. The van der Waals surface area contributed by atoms with Crippen LogP contribution in [0.3, 0.4) is 0 Å². The van der Waals surface area contributed by atoms with E-state index in [4.69, 9.17) is 11.5 Å². The Kier molecular flexibility index (Phi) is 6.59. The number of nitrogen functional groups attached to an aromatic ring is 1. The van der Waals surface area contributed by atoms with Gasteiger partial charge < -0.3 is 16.9 Å². The Hall–Kier alpha value is -3.09. The zero-order valence-corrected chi connectivity index (χ0v) is 16.9. The fraction of sp³-hybridized carbons (Fsp3) is 0.304. The van der Waals surface area contributed by atoms with Gasteiger partial charge in [-0.25, -0.2) is 0 Å². The van der Waals surface area contributed by atoms with E-state index >= 15 is 0 Å². The molecule has 4 nitrogen and oxygen atoms in total. The molecule has 2 aromatic carbocycles. The maximum Gasteiger partial charge on any atom is 0.416 e. The highest BCUT2D eigenvalue weighted by atomic mass is 19.4. The van der Waals surface area contributed by atoms with Crippen LogP contribution in [0, 0.1) is 5.92 Å². The fourth-order valence-corrected chi connectivity index (χ4v) is 3.59. The van der Waals surface area contributed by atoms with Crippen molar-refractivity contribution in [3.8, 4) is 0 Å². The van der Waals surface area contributed by atoms with Crippen LogP contribution in [0.5, 0.6) is 0 Å². The topological polar surface area (TPSA) is 76.1 Å². The summed E-state index contributed by atoms with van der Waals surface area (Å²) in [6.45, 7) is 1.96. The number of halogens is 3. The van der Waals surface area contributed by atoms with Gasteiger partial charge in [0.2, 0.25) is 0 Å². The number of allylic oxidation sites excluding steroid dienone is 5. The van der Waals surface area contributed by atoms with E-state index in [0.29, 0.717) is 31.4 Å². The second-order valence-electron chi connectivity index (χ2n) is 7.56. The summed E-state index contributed by atoms with van der Waals surface area (Å²) in [7, 11) is 0. The number of benzene rings is 2. The maximum atomic E-state index is 13.0. The van der Waals surface area contributed by atoms with E-state index < -0.39 is 11.7 Å². The first-order valence-corrected chi connectivity index (χ1v) is 9.97. The standard InChI is InChI=1S/C23H27F3N4/c1-15-9-11-18(23(24,25)26)13-17(15)6-4-7-19(14-27)29-30-21-12-10-16-5-2-3-8-20(16)22(21)28/h2-3,5,8,10-15,29-30H,4,6-7,9,27-28H2,1H3/b19-14+. The number of rotatable bonds is 7. The molecule has 0 aromatic heterocycles. The van der Waals surface area contributed by atoms with Crippen molar-refractivity contribution >= 4 is 22.1 Å². The summed E-state index contributed by atoms with van der Waals surface area (Å²) in [5, 5.41) is 2.01. The number of nitrogens with one attached hydrogen (secondary N) is 2. The van der Waals surface area contributed by atoms with Crippen molar-refractivity contribution in [3.63, 3.8) is 0 Å². The Morgan fingerprint density at radius 3 is 2.70 bits per heavy atom. The lowest BCUT2D eigenvalue weighted by Gasteiger charge is -2.22. The second kappa shape index (κ2) is 9.15. The zero-order chi connectivity index (χ0) is 21.7. The van der Waals surface area contributed by atoms with Crippen molar-refractivity contribution in [3.05, 3.63) is 71.6 Å². The van der Waals surface area contributed by atoms with E-state index in [1.165, 1.54) is 18.4 Å². The minimum absolute atomic E-state index is 0.116. The van der Waals surface area contributed by atoms with Crippen molar-refractivity contribution in [2.24, 2.45) is 11.7 Å². The molecular formula is C23H27F3N4. The number of anilines is 2. The van der Waals surface area contributed by atoms with Crippen molar-refractivity contribution in [1.82, 2.24) is 5.43 Å². The first-order valence-electron chi connectivity index (χ1n) is 9.97. The van der Waals surface area contributed by atoms with Gasteiger partial charge in [0, 0.05) is 17.3 Å². The van der Waals surface area contributed by atoms with Gasteiger partial charge in [-0.3, -0.25) is 5.43 Å². The molecular weight excluding hydrogens is 389 g/mol. The lowest BCUT2D eigenvalue weighted by atomic mass is 9.86. The highest BCUT2D eigenvalue weighted by molar-refractivity contribution is 5.98. The van der Waals surface area contributed by atoms with E-state index in [9.17, 15) is 13.2 Å². The van der Waals surface area contributed by atoms with Crippen LogP contribution in [0.25, 0.3) is 10.8 Å². The molecule has 1 aliphatic rings. The van der Waals surface area contributed by atoms with E-state index in [1.807, 2.05) is 43.3 Å². The van der Waals surface area contributed by atoms with Gasteiger partial charge in [-0.2, -0.15) is 13.2 Å². The van der Waals surface area contributed by atoms with Crippen molar-refractivity contribution in [1.29, 1.82) is 0 Å². The lowest BCUT2D eigenvalue weighted by molar-refractivity contribution is -0.0888. The molecule has 0 saturated carbocycles. The average Bonchev–Trinajstić information content (AvgIpc) is 2.72. The predicted octanol–water partition coefficient (Wildman–Crippen LogP) is 5.76. The molecule has 0 heterocycles. The Balaban J connectivity index is 1.56. The SMILES string of the molecule is CC1CC=C(C(F)(F)F)C=C1CCC/C(=C\N)NNc1ccc2ccccc2c1N. The predicted molar refractivity (Wildman–Crippen MR) is 117 cm³/mol. The van der Waals surface area contributed by atoms with E-state index in [1.54, 1.807) is 0 Å². The number of nitrogens with two attached hydrogens (primary N) is 2. The van der Waals surface area contributed by atoms with Crippen molar-refractivity contribution in [2.75, 3.05) is 11.2 Å². The summed E-state index contributed by atoms with van der Waals surface area (Å²) in [5.41, 5.74) is 20.5. The Morgan fingerprint density at radius 2 is 1.97 bits per heavy atom. The molecule has 2 aromatic rings. The quantitative estimate of drug-likeness (QED) is 0.342. The van der Waals surface area contributed by atoms with Crippen LogP contribution >= 0.6 is 0 Å². The van der Waals surface area contributed by atoms with Gasteiger partial charge in [-0.1, -0.05) is 55.0 Å². The summed E-state index contributed by atoms with van der Waals surface area (Å²) in [6, 6.07) is 11.7. The molecule has 0 saturated heterocycles. The lowest BCUT2D eigenvalue weighted by Crippen LogP contribution is -2.23. The first-order chi connectivity index (χ1) is 14.3. The van der Waals surface area contributed by atoms with Gasteiger partial charge in [0.15, 0.2) is 0 Å². The van der Waals surface area contributed by atoms with Gasteiger partial charge >= 0.3 is 6.18 Å². The monoisotopic (exact) mass is 416 g/mol. The largest absolute Gasteiger partial charge is 0.416 e. The number of hydrazine groups is 1. The number of hydrogen-bond donors (Lipinski definition) is 4.